The lowest BCUT2D eigenvalue weighted by atomic mass is 10.2. The van der Waals surface area contributed by atoms with E-state index in [1.54, 1.807) is 0 Å². The summed E-state index contributed by atoms with van der Waals surface area (Å²) in [5, 5.41) is 3.28. The quantitative estimate of drug-likeness (QED) is 0.618. The highest BCUT2D eigenvalue weighted by molar-refractivity contribution is 6.39. The highest BCUT2D eigenvalue weighted by Gasteiger charge is 2.29. The predicted molar refractivity (Wildman–Crippen MR) is 114 cm³/mol. The van der Waals surface area contributed by atoms with E-state index < -0.39 is 7.32 Å². The molecule has 4 rings (SSSR count). The SMILES string of the molecule is C1CCNCC1.c1ccc(OB(Oc2ccccc2)Oc2ccccc2)cc1. The molecule has 1 aliphatic heterocycles. The van der Waals surface area contributed by atoms with E-state index in [4.69, 9.17) is 14.0 Å². The van der Waals surface area contributed by atoms with Crippen LogP contribution < -0.4 is 19.3 Å². The van der Waals surface area contributed by atoms with Gasteiger partial charge >= 0.3 is 7.32 Å². The zero-order valence-corrected chi connectivity index (χ0v) is 16.0. The highest BCUT2D eigenvalue weighted by atomic mass is 16.7. The molecular weight excluding hydrogens is 349 g/mol. The number of piperidine rings is 1. The van der Waals surface area contributed by atoms with E-state index in [1.165, 1.54) is 32.4 Å². The molecule has 3 aromatic carbocycles. The number of benzene rings is 3. The molecule has 1 heterocycles. The minimum Gasteiger partial charge on any atom is -0.490 e. The zero-order valence-electron chi connectivity index (χ0n) is 16.0. The molecule has 5 heteroatoms. The molecule has 0 aromatic heterocycles. The molecule has 144 valence electrons. The minimum atomic E-state index is -0.868. The maximum atomic E-state index is 5.78. The Morgan fingerprint density at radius 2 is 0.857 bits per heavy atom. The van der Waals surface area contributed by atoms with Gasteiger partial charge in [0.2, 0.25) is 0 Å². The van der Waals surface area contributed by atoms with E-state index in [2.05, 4.69) is 5.32 Å². The normalized spacial score (nSPS) is 12.9. The van der Waals surface area contributed by atoms with Crippen molar-refractivity contribution in [3.8, 4) is 17.2 Å². The van der Waals surface area contributed by atoms with Crippen LogP contribution in [0.2, 0.25) is 0 Å². The van der Waals surface area contributed by atoms with Crippen LogP contribution in [-0.4, -0.2) is 20.4 Å². The van der Waals surface area contributed by atoms with Gasteiger partial charge in [0, 0.05) is 0 Å². The second-order valence-corrected chi connectivity index (χ2v) is 6.39. The summed E-state index contributed by atoms with van der Waals surface area (Å²) in [6.45, 7) is 2.50. The van der Waals surface area contributed by atoms with Crippen LogP contribution in [-0.2, 0) is 0 Å². The third kappa shape index (κ3) is 7.37. The first-order chi connectivity index (χ1) is 13.9. The first kappa shape index (κ1) is 19.8. The molecule has 1 aliphatic rings. The summed E-state index contributed by atoms with van der Waals surface area (Å²) in [4.78, 5) is 0. The lowest BCUT2D eigenvalue weighted by Gasteiger charge is -2.16. The van der Waals surface area contributed by atoms with Crippen LogP contribution in [0.5, 0.6) is 17.2 Å². The van der Waals surface area contributed by atoms with Crippen LogP contribution in [0.3, 0.4) is 0 Å². The molecule has 0 amide bonds. The average molecular weight is 375 g/mol. The average Bonchev–Trinajstić information content (AvgIpc) is 2.77. The molecule has 1 saturated heterocycles. The maximum Gasteiger partial charge on any atom is 0.864 e. The fourth-order valence-corrected chi connectivity index (χ4v) is 2.70. The Morgan fingerprint density at radius 3 is 1.11 bits per heavy atom. The Morgan fingerprint density at radius 1 is 0.500 bits per heavy atom. The summed E-state index contributed by atoms with van der Waals surface area (Å²) in [6.07, 6.45) is 4.22. The largest absolute Gasteiger partial charge is 0.864 e. The molecule has 3 aromatic rings. The Labute approximate surface area is 167 Å². The number of para-hydroxylation sites is 3. The summed E-state index contributed by atoms with van der Waals surface area (Å²) >= 11 is 0. The Balaban J connectivity index is 0.000000320. The molecule has 0 unspecified atom stereocenters. The molecule has 1 N–H and O–H groups in total. The summed E-state index contributed by atoms with van der Waals surface area (Å²) in [5.41, 5.74) is 0. The maximum absolute atomic E-state index is 5.78. The van der Waals surface area contributed by atoms with E-state index in [1.807, 2.05) is 91.0 Å². The van der Waals surface area contributed by atoms with Gasteiger partial charge < -0.3 is 19.3 Å². The van der Waals surface area contributed by atoms with Crippen molar-refractivity contribution in [2.24, 2.45) is 0 Å². The predicted octanol–water partition coefficient (Wildman–Crippen LogP) is 4.97. The van der Waals surface area contributed by atoms with Gasteiger partial charge in [-0.2, -0.15) is 0 Å². The summed E-state index contributed by atoms with van der Waals surface area (Å²) < 4.78 is 17.3. The van der Waals surface area contributed by atoms with Gasteiger partial charge in [0.1, 0.15) is 17.2 Å². The fourth-order valence-electron chi connectivity index (χ4n) is 2.70. The van der Waals surface area contributed by atoms with Crippen LogP contribution in [0.15, 0.2) is 91.0 Å². The Hall–Kier alpha value is -2.92. The third-order valence-corrected chi connectivity index (χ3v) is 4.13. The van der Waals surface area contributed by atoms with Gasteiger partial charge in [0.05, 0.1) is 0 Å². The van der Waals surface area contributed by atoms with Crippen molar-refractivity contribution in [2.75, 3.05) is 13.1 Å². The number of rotatable bonds is 6. The van der Waals surface area contributed by atoms with Gasteiger partial charge in [-0.15, -0.1) is 0 Å². The molecular formula is C23H26BNO3. The van der Waals surface area contributed by atoms with E-state index in [9.17, 15) is 0 Å². The molecule has 4 nitrogen and oxygen atoms in total. The molecule has 0 saturated carbocycles. The highest BCUT2D eigenvalue weighted by Crippen LogP contribution is 2.17. The van der Waals surface area contributed by atoms with Gasteiger partial charge in [-0.25, -0.2) is 0 Å². The summed E-state index contributed by atoms with van der Waals surface area (Å²) in [7, 11) is -0.868. The number of hydrogen-bond donors (Lipinski definition) is 1. The Bertz CT molecular complexity index is 657. The van der Waals surface area contributed by atoms with E-state index in [0.717, 1.165) is 0 Å². The molecule has 0 radical (unpaired) electrons. The third-order valence-electron chi connectivity index (χ3n) is 4.13. The van der Waals surface area contributed by atoms with E-state index in [0.29, 0.717) is 17.2 Å². The van der Waals surface area contributed by atoms with Crippen molar-refractivity contribution in [3.05, 3.63) is 91.0 Å². The zero-order chi connectivity index (χ0) is 19.3. The Kier molecular flexibility index (Phi) is 8.31. The fraction of sp³-hybridized carbons (Fsp3) is 0.217. The smallest absolute Gasteiger partial charge is 0.490 e. The number of nitrogens with one attached hydrogen (secondary N) is 1. The minimum absolute atomic E-state index is 0.680. The van der Waals surface area contributed by atoms with Crippen molar-refractivity contribution < 1.29 is 14.0 Å². The molecule has 1 fully saturated rings. The standard InChI is InChI=1S/C18H15BO3.C5H11N/c1-4-10-16(11-5-1)20-19(21-17-12-6-2-7-13-17)22-18-14-8-3-9-15-18;1-2-4-6-5-3-1/h1-15H;6H,1-5H2. The number of hydrogen-bond acceptors (Lipinski definition) is 4. The molecule has 0 spiro atoms. The molecule has 0 aliphatic carbocycles. The van der Waals surface area contributed by atoms with Crippen LogP contribution >= 0.6 is 0 Å². The van der Waals surface area contributed by atoms with Crippen LogP contribution in [0, 0.1) is 0 Å². The van der Waals surface area contributed by atoms with Gasteiger partial charge in [0.15, 0.2) is 0 Å². The van der Waals surface area contributed by atoms with E-state index in [-0.39, 0.29) is 0 Å². The lowest BCUT2D eigenvalue weighted by Crippen LogP contribution is -2.36. The van der Waals surface area contributed by atoms with Gasteiger partial charge in [0.25, 0.3) is 0 Å². The van der Waals surface area contributed by atoms with Gasteiger partial charge in [-0.1, -0.05) is 61.0 Å². The molecule has 0 bridgehead atoms. The van der Waals surface area contributed by atoms with Crippen molar-refractivity contribution >= 4 is 7.32 Å². The van der Waals surface area contributed by atoms with Crippen molar-refractivity contribution in [2.45, 2.75) is 19.3 Å². The second-order valence-electron chi connectivity index (χ2n) is 6.39. The van der Waals surface area contributed by atoms with Gasteiger partial charge in [-0.3, -0.25) is 0 Å². The van der Waals surface area contributed by atoms with E-state index >= 15 is 0 Å². The van der Waals surface area contributed by atoms with Gasteiger partial charge in [-0.05, 0) is 62.3 Å². The topological polar surface area (TPSA) is 39.7 Å². The molecule has 28 heavy (non-hydrogen) atoms. The van der Waals surface area contributed by atoms with Crippen LogP contribution in [0.25, 0.3) is 0 Å². The second kappa shape index (κ2) is 11.7. The van der Waals surface area contributed by atoms with Crippen molar-refractivity contribution in [3.63, 3.8) is 0 Å². The first-order valence-electron chi connectivity index (χ1n) is 9.76. The van der Waals surface area contributed by atoms with Crippen molar-refractivity contribution in [1.82, 2.24) is 5.32 Å². The monoisotopic (exact) mass is 375 g/mol. The van der Waals surface area contributed by atoms with Crippen LogP contribution in [0.1, 0.15) is 19.3 Å². The lowest BCUT2D eigenvalue weighted by molar-refractivity contribution is 0.307. The summed E-state index contributed by atoms with van der Waals surface area (Å²) in [6, 6.07) is 28.3. The summed E-state index contributed by atoms with van der Waals surface area (Å²) in [5.74, 6) is 2.04. The van der Waals surface area contributed by atoms with Crippen molar-refractivity contribution in [1.29, 1.82) is 0 Å². The van der Waals surface area contributed by atoms with Crippen LogP contribution in [0.4, 0.5) is 0 Å². The first-order valence-corrected chi connectivity index (χ1v) is 9.76. The molecule has 0 atom stereocenters.